The topological polar surface area (TPSA) is 77.6 Å². The van der Waals surface area contributed by atoms with Gasteiger partial charge < -0.3 is 15.5 Å². The Kier molecular flexibility index (Phi) is 6.21. The molecule has 2 aromatic carbocycles. The fraction of sp³-hybridized carbons (Fsp3) is 0.348. The molecule has 0 bridgehead atoms. The monoisotopic (exact) mass is 405 g/mol. The second kappa shape index (κ2) is 9.19. The average molecular weight is 406 g/mol. The van der Waals surface area contributed by atoms with Crippen molar-refractivity contribution in [2.75, 3.05) is 50.4 Å². The van der Waals surface area contributed by atoms with Gasteiger partial charge in [0.15, 0.2) is 0 Å². The molecule has 0 saturated carbocycles. The first-order valence-electron chi connectivity index (χ1n) is 10.3. The molecule has 1 atom stereocenters. The van der Waals surface area contributed by atoms with Crippen LogP contribution in [0.2, 0.25) is 0 Å². The van der Waals surface area contributed by atoms with Gasteiger partial charge in [0.2, 0.25) is 0 Å². The molecule has 2 N–H and O–H groups in total. The van der Waals surface area contributed by atoms with Gasteiger partial charge in [-0.3, -0.25) is 19.5 Å². The summed E-state index contributed by atoms with van der Waals surface area (Å²) in [4.78, 5) is 33.3. The first-order valence-corrected chi connectivity index (χ1v) is 10.3. The van der Waals surface area contributed by atoms with Crippen LogP contribution < -0.4 is 21.5 Å². The molecule has 7 heteroatoms. The number of hydrogen-bond donors (Lipinski definition) is 2. The molecule has 30 heavy (non-hydrogen) atoms. The highest BCUT2D eigenvalue weighted by Gasteiger charge is 2.26. The number of nitrogens with one attached hydrogen (secondary N) is 2. The van der Waals surface area contributed by atoms with Crippen LogP contribution in [0.4, 0.5) is 11.4 Å². The quantitative estimate of drug-likeness (QED) is 0.552. The molecule has 4 rings (SSSR count). The SMILES string of the molecule is CN1CCN([C@H](CNc2c(NCc3ccccn3)c(=O)c2=O)c2ccccc2)CC1. The van der Waals surface area contributed by atoms with Crippen LogP contribution in [-0.4, -0.2) is 54.6 Å². The van der Waals surface area contributed by atoms with Crippen LogP contribution in [0.25, 0.3) is 0 Å². The van der Waals surface area contributed by atoms with E-state index in [1.807, 2.05) is 36.4 Å². The normalized spacial score (nSPS) is 16.4. The number of aromatic nitrogens is 1. The second-order valence-electron chi connectivity index (χ2n) is 7.73. The van der Waals surface area contributed by atoms with Crippen molar-refractivity contribution in [3.63, 3.8) is 0 Å². The van der Waals surface area contributed by atoms with Gasteiger partial charge in [-0.25, -0.2) is 0 Å². The minimum atomic E-state index is -0.468. The largest absolute Gasteiger partial charge is 0.378 e. The predicted octanol–water partition coefficient (Wildman–Crippen LogP) is 1.69. The van der Waals surface area contributed by atoms with E-state index in [0.717, 1.165) is 31.9 Å². The highest BCUT2D eigenvalue weighted by molar-refractivity contribution is 5.74. The third kappa shape index (κ3) is 4.42. The van der Waals surface area contributed by atoms with E-state index in [1.54, 1.807) is 6.20 Å². The fourth-order valence-corrected chi connectivity index (χ4v) is 3.88. The molecule has 1 aliphatic heterocycles. The van der Waals surface area contributed by atoms with E-state index in [1.165, 1.54) is 5.56 Å². The molecule has 0 amide bonds. The summed E-state index contributed by atoms with van der Waals surface area (Å²) in [6, 6.07) is 16.1. The van der Waals surface area contributed by atoms with Crippen LogP contribution in [0.3, 0.4) is 0 Å². The minimum Gasteiger partial charge on any atom is -0.378 e. The van der Waals surface area contributed by atoms with E-state index >= 15 is 0 Å². The zero-order valence-corrected chi connectivity index (χ0v) is 17.2. The number of pyridine rings is 1. The molecule has 7 nitrogen and oxygen atoms in total. The Hall–Kier alpha value is -3.03. The van der Waals surface area contributed by atoms with Crippen molar-refractivity contribution in [1.82, 2.24) is 14.8 Å². The molecule has 3 aromatic rings. The van der Waals surface area contributed by atoms with Crippen LogP contribution in [-0.2, 0) is 6.54 Å². The van der Waals surface area contributed by atoms with Crippen LogP contribution in [0.15, 0.2) is 64.3 Å². The average Bonchev–Trinajstić information content (AvgIpc) is 2.80. The molecule has 0 radical (unpaired) electrons. The summed E-state index contributed by atoms with van der Waals surface area (Å²) in [6.07, 6.45) is 1.71. The lowest BCUT2D eigenvalue weighted by atomic mass is 10.0. The smallest absolute Gasteiger partial charge is 0.253 e. The van der Waals surface area contributed by atoms with Gasteiger partial charge >= 0.3 is 0 Å². The molecule has 0 aliphatic carbocycles. The summed E-state index contributed by atoms with van der Waals surface area (Å²) in [6.45, 7) is 4.93. The van der Waals surface area contributed by atoms with Crippen LogP contribution in [0.1, 0.15) is 17.3 Å². The van der Waals surface area contributed by atoms with E-state index in [-0.39, 0.29) is 6.04 Å². The maximum absolute atomic E-state index is 12.2. The van der Waals surface area contributed by atoms with Crippen LogP contribution in [0, 0.1) is 0 Å². The van der Waals surface area contributed by atoms with Gasteiger partial charge in [0.25, 0.3) is 10.9 Å². The zero-order chi connectivity index (χ0) is 20.9. The molecule has 2 heterocycles. The highest BCUT2D eigenvalue weighted by atomic mass is 16.2. The summed E-state index contributed by atoms with van der Waals surface area (Å²) >= 11 is 0. The van der Waals surface area contributed by atoms with Gasteiger partial charge in [0.1, 0.15) is 11.4 Å². The molecule has 1 aliphatic rings. The molecular formula is C23H27N5O2. The van der Waals surface area contributed by atoms with Gasteiger partial charge in [-0.2, -0.15) is 0 Å². The number of likely N-dealkylation sites (N-methyl/N-ethyl adjacent to an activating group) is 1. The predicted molar refractivity (Wildman–Crippen MR) is 120 cm³/mol. The van der Waals surface area contributed by atoms with Crippen molar-refractivity contribution in [3.8, 4) is 0 Å². The first kappa shape index (κ1) is 20.3. The lowest BCUT2D eigenvalue weighted by Gasteiger charge is -2.38. The van der Waals surface area contributed by atoms with E-state index in [4.69, 9.17) is 0 Å². The number of nitrogens with zero attached hydrogens (tertiary/aromatic N) is 3. The van der Waals surface area contributed by atoms with Crippen LogP contribution in [0.5, 0.6) is 0 Å². The third-order valence-electron chi connectivity index (χ3n) is 5.72. The number of rotatable bonds is 8. The minimum absolute atomic E-state index is 0.132. The zero-order valence-electron chi connectivity index (χ0n) is 17.2. The molecule has 1 fully saturated rings. The number of benzene rings is 1. The van der Waals surface area contributed by atoms with Gasteiger partial charge in [-0.15, -0.1) is 0 Å². The molecule has 0 unspecified atom stereocenters. The van der Waals surface area contributed by atoms with Crippen molar-refractivity contribution >= 4 is 11.4 Å². The fourth-order valence-electron chi connectivity index (χ4n) is 3.88. The number of piperazine rings is 1. The second-order valence-corrected chi connectivity index (χ2v) is 7.73. The highest BCUT2D eigenvalue weighted by Crippen LogP contribution is 2.24. The maximum Gasteiger partial charge on any atom is 0.253 e. The van der Waals surface area contributed by atoms with Crippen molar-refractivity contribution in [3.05, 3.63) is 86.4 Å². The van der Waals surface area contributed by atoms with Gasteiger partial charge in [-0.05, 0) is 24.7 Å². The van der Waals surface area contributed by atoms with Crippen molar-refractivity contribution in [2.24, 2.45) is 0 Å². The Morgan fingerprint density at radius 1 is 0.900 bits per heavy atom. The maximum atomic E-state index is 12.2. The molecule has 156 valence electrons. The Bertz CT molecular complexity index is 1020. The lowest BCUT2D eigenvalue weighted by Crippen LogP contribution is -2.48. The number of anilines is 2. The Morgan fingerprint density at radius 3 is 2.23 bits per heavy atom. The van der Waals surface area contributed by atoms with Gasteiger partial charge in [-0.1, -0.05) is 36.4 Å². The van der Waals surface area contributed by atoms with Crippen molar-refractivity contribution in [1.29, 1.82) is 0 Å². The van der Waals surface area contributed by atoms with E-state index in [0.29, 0.717) is 24.5 Å². The lowest BCUT2D eigenvalue weighted by molar-refractivity contribution is 0.116. The standard InChI is InChI=1S/C23H27N5O2/c1-27-11-13-28(14-12-27)19(17-7-3-2-4-8-17)16-26-21-20(22(29)23(21)30)25-15-18-9-5-6-10-24-18/h2-10,19,25-26H,11-16H2,1H3/t19-/m1/s1. The Labute approximate surface area is 176 Å². The van der Waals surface area contributed by atoms with Crippen molar-refractivity contribution < 1.29 is 0 Å². The van der Waals surface area contributed by atoms with Gasteiger partial charge in [0, 0.05) is 38.9 Å². The summed E-state index contributed by atoms with van der Waals surface area (Å²) in [5.41, 5.74) is 1.84. The van der Waals surface area contributed by atoms with E-state index in [9.17, 15) is 9.59 Å². The van der Waals surface area contributed by atoms with E-state index in [2.05, 4.69) is 44.6 Å². The molecule has 1 aromatic heterocycles. The van der Waals surface area contributed by atoms with E-state index < -0.39 is 10.9 Å². The summed E-state index contributed by atoms with van der Waals surface area (Å²) in [5, 5.41) is 6.34. The molecule has 0 spiro atoms. The van der Waals surface area contributed by atoms with Crippen molar-refractivity contribution in [2.45, 2.75) is 12.6 Å². The first-order chi connectivity index (χ1) is 14.6. The Morgan fingerprint density at radius 2 is 1.57 bits per heavy atom. The third-order valence-corrected chi connectivity index (χ3v) is 5.72. The molecule has 1 saturated heterocycles. The van der Waals surface area contributed by atoms with Crippen LogP contribution >= 0.6 is 0 Å². The summed E-state index contributed by atoms with van der Waals surface area (Å²) in [7, 11) is 2.14. The Balaban J connectivity index is 1.47. The van der Waals surface area contributed by atoms with Gasteiger partial charge in [0.05, 0.1) is 18.3 Å². The summed E-state index contributed by atoms with van der Waals surface area (Å²) in [5.74, 6) is 0. The number of hydrogen-bond acceptors (Lipinski definition) is 7. The molecular weight excluding hydrogens is 378 g/mol. The summed E-state index contributed by atoms with van der Waals surface area (Å²) < 4.78 is 0.